The first-order chi connectivity index (χ1) is 8.46. The van der Waals surface area contributed by atoms with E-state index >= 15 is 0 Å². The minimum atomic E-state index is -3.68. The number of sulfonamides is 1. The largest absolute Gasteiger partial charge is 0.478 e. The van der Waals surface area contributed by atoms with Crippen molar-refractivity contribution in [2.45, 2.75) is 23.1 Å². The van der Waals surface area contributed by atoms with Gasteiger partial charge < -0.3 is 10.2 Å². The molecular weight excluding hydrogens is 278 g/mol. The van der Waals surface area contributed by atoms with E-state index in [2.05, 4.69) is 0 Å². The van der Waals surface area contributed by atoms with E-state index in [9.17, 15) is 13.2 Å². The smallest absolute Gasteiger partial charge is 0.336 e. The number of hydrogen-bond acceptors (Lipinski definition) is 5. The van der Waals surface area contributed by atoms with Crippen molar-refractivity contribution >= 4 is 27.3 Å². The van der Waals surface area contributed by atoms with Gasteiger partial charge in [-0.15, -0.1) is 11.3 Å². The standard InChI is InChI=1S/C10H13NO5S2/c12-5-8-2-1-3-11(8)18(15,16)9-4-7(6-17-9)10(13)14/h4,6,8,12H,1-3,5H2,(H,13,14). The maximum Gasteiger partial charge on any atom is 0.336 e. The number of aliphatic hydroxyl groups is 1. The molecule has 0 bridgehead atoms. The molecule has 18 heavy (non-hydrogen) atoms. The summed E-state index contributed by atoms with van der Waals surface area (Å²) in [6.45, 7) is 0.157. The first kappa shape index (κ1) is 13.5. The van der Waals surface area contributed by atoms with Gasteiger partial charge in [0.25, 0.3) is 10.0 Å². The number of nitrogens with zero attached hydrogens (tertiary/aromatic N) is 1. The number of aromatic carboxylic acids is 1. The molecule has 1 aliphatic heterocycles. The predicted molar refractivity (Wildman–Crippen MR) is 65.3 cm³/mol. The first-order valence-electron chi connectivity index (χ1n) is 5.41. The molecular formula is C10H13NO5S2. The van der Waals surface area contributed by atoms with Gasteiger partial charge in [0.05, 0.1) is 12.2 Å². The Balaban J connectivity index is 2.32. The van der Waals surface area contributed by atoms with Gasteiger partial charge in [-0.3, -0.25) is 0 Å². The number of thiophene rings is 1. The topological polar surface area (TPSA) is 94.9 Å². The summed E-state index contributed by atoms with van der Waals surface area (Å²) < 4.78 is 25.8. The fraction of sp³-hybridized carbons (Fsp3) is 0.500. The van der Waals surface area contributed by atoms with E-state index in [0.29, 0.717) is 19.4 Å². The Bertz CT molecular complexity index is 550. The Morgan fingerprint density at radius 1 is 1.56 bits per heavy atom. The summed E-state index contributed by atoms with van der Waals surface area (Å²) in [5, 5.41) is 19.2. The van der Waals surface area contributed by atoms with Crippen molar-refractivity contribution in [3.63, 3.8) is 0 Å². The zero-order chi connectivity index (χ0) is 13.3. The van der Waals surface area contributed by atoms with Gasteiger partial charge >= 0.3 is 5.97 Å². The zero-order valence-electron chi connectivity index (χ0n) is 9.44. The molecule has 6 nitrogen and oxygen atoms in total. The van der Waals surface area contributed by atoms with Gasteiger partial charge in [0.1, 0.15) is 4.21 Å². The fourth-order valence-electron chi connectivity index (χ4n) is 1.99. The molecule has 1 aromatic heterocycles. The van der Waals surface area contributed by atoms with Crippen LogP contribution in [0.3, 0.4) is 0 Å². The average Bonchev–Trinajstić information content (AvgIpc) is 2.98. The van der Waals surface area contributed by atoms with E-state index in [4.69, 9.17) is 10.2 Å². The van der Waals surface area contributed by atoms with Gasteiger partial charge in [-0.2, -0.15) is 4.31 Å². The summed E-state index contributed by atoms with van der Waals surface area (Å²) in [7, 11) is -3.68. The van der Waals surface area contributed by atoms with Crippen LogP contribution in [0.15, 0.2) is 15.7 Å². The highest BCUT2D eigenvalue weighted by atomic mass is 32.2. The van der Waals surface area contributed by atoms with Gasteiger partial charge in [0.2, 0.25) is 0 Å². The molecule has 2 N–H and O–H groups in total. The molecule has 1 aliphatic rings. The molecule has 1 aromatic rings. The Morgan fingerprint density at radius 3 is 2.83 bits per heavy atom. The van der Waals surface area contributed by atoms with Crippen molar-refractivity contribution in [3.8, 4) is 0 Å². The van der Waals surface area contributed by atoms with Crippen LogP contribution in [0, 0.1) is 0 Å². The van der Waals surface area contributed by atoms with Crippen molar-refractivity contribution in [2.75, 3.05) is 13.2 Å². The van der Waals surface area contributed by atoms with Crippen LogP contribution in [0.5, 0.6) is 0 Å². The lowest BCUT2D eigenvalue weighted by molar-refractivity contribution is 0.0697. The van der Waals surface area contributed by atoms with E-state index in [1.807, 2.05) is 0 Å². The lowest BCUT2D eigenvalue weighted by atomic mass is 10.2. The van der Waals surface area contributed by atoms with Gasteiger partial charge in [0.15, 0.2) is 0 Å². The Morgan fingerprint density at radius 2 is 2.28 bits per heavy atom. The number of rotatable bonds is 4. The molecule has 0 saturated carbocycles. The van der Waals surface area contributed by atoms with Gasteiger partial charge in [0, 0.05) is 18.0 Å². The predicted octanol–water partition coefficient (Wildman–Crippen LogP) is 0.592. The summed E-state index contributed by atoms with van der Waals surface area (Å²) in [5.74, 6) is -1.15. The summed E-state index contributed by atoms with van der Waals surface area (Å²) in [6.07, 6.45) is 1.34. The number of carbonyl (C=O) groups is 1. The second-order valence-electron chi connectivity index (χ2n) is 4.05. The molecule has 0 radical (unpaired) electrons. The highest BCUT2D eigenvalue weighted by molar-refractivity contribution is 7.91. The number of carboxylic acids is 1. The second-order valence-corrected chi connectivity index (χ2v) is 7.08. The van der Waals surface area contributed by atoms with Crippen molar-refractivity contribution in [2.24, 2.45) is 0 Å². The van der Waals surface area contributed by atoms with E-state index in [1.165, 1.54) is 9.69 Å². The molecule has 0 spiro atoms. The molecule has 0 aromatic carbocycles. The van der Waals surface area contributed by atoms with E-state index in [0.717, 1.165) is 17.4 Å². The molecule has 1 unspecified atom stereocenters. The third-order valence-corrected chi connectivity index (χ3v) is 6.29. The molecule has 0 amide bonds. The molecule has 1 saturated heterocycles. The van der Waals surface area contributed by atoms with Crippen LogP contribution in [-0.4, -0.2) is 48.1 Å². The number of carboxylic acid groups (broad SMARTS) is 1. The maximum atomic E-state index is 12.3. The average molecular weight is 291 g/mol. The van der Waals surface area contributed by atoms with Crippen molar-refractivity contribution in [1.29, 1.82) is 0 Å². The summed E-state index contributed by atoms with van der Waals surface area (Å²) in [4.78, 5) is 10.7. The highest BCUT2D eigenvalue weighted by Crippen LogP contribution is 2.29. The van der Waals surface area contributed by atoms with Crippen molar-refractivity contribution in [1.82, 2.24) is 4.31 Å². The minimum Gasteiger partial charge on any atom is -0.478 e. The zero-order valence-corrected chi connectivity index (χ0v) is 11.1. The second kappa shape index (κ2) is 4.96. The normalized spacial score (nSPS) is 21.3. The van der Waals surface area contributed by atoms with Crippen LogP contribution < -0.4 is 0 Å². The molecule has 1 atom stereocenters. The Kier molecular flexibility index (Phi) is 3.71. The summed E-state index contributed by atoms with van der Waals surface area (Å²) in [6, 6.07) is 0.764. The number of aliphatic hydroxyl groups excluding tert-OH is 1. The number of hydrogen-bond donors (Lipinski definition) is 2. The molecule has 0 aliphatic carbocycles. The van der Waals surface area contributed by atoms with Crippen LogP contribution in [0.2, 0.25) is 0 Å². The molecule has 8 heteroatoms. The van der Waals surface area contributed by atoms with Crippen LogP contribution in [-0.2, 0) is 10.0 Å². The van der Waals surface area contributed by atoms with Crippen LogP contribution >= 0.6 is 11.3 Å². The Hall–Kier alpha value is -0.960. The monoisotopic (exact) mass is 291 g/mol. The lowest BCUT2D eigenvalue weighted by Crippen LogP contribution is -2.37. The highest BCUT2D eigenvalue weighted by Gasteiger charge is 2.35. The third-order valence-electron chi connectivity index (χ3n) is 2.92. The van der Waals surface area contributed by atoms with Crippen molar-refractivity contribution in [3.05, 3.63) is 17.0 Å². The molecule has 100 valence electrons. The van der Waals surface area contributed by atoms with Crippen LogP contribution in [0.25, 0.3) is 0 Å². The van der Waals surface area contributed by atoms with Gasteiger partial charge in [-0.05, 0) is 18.9 Å². The van der Waals surface area contributed by atoms with E-state index in [1.54, 1.807) is 0 Å². The molecule has 2 heterocycles. The molecule has 2 rings (SSSR count). The van der Waals surface area contributed by atoms with E-state index < -0.39 is 22.0 Å². The maximum absolute atomic E-state index is 12.3. The van der Waals surface area contributed by atoms with Crippen molar-refractivity contribution < 1.29 is 23.4 Å². The van der Waals surface area contributed by atoms with Crippen LogP contribution in [0.1, 0.15) is 23.2 Å². The minimum absolute atomic E-state index is 0.0141. The first-order valence-corrected chi connectivity index (χ1v) is 7.73. The lowest BCUT2D eigenvalue weighted by Gasteiger charge is -2.21. The van der Waals surface area contributed by atoms with Crippen LogP contribution in [0.4, 0.5) is 0 Å². The van der Waals surface area contributed by atoms with Gasteiger partial charge in [-0.1, -0.05) is 0 Å². The van der Waals surface area contributed by atoms with Gasteiger partial charge in [-0.25, -0.2) is 13.2 Å². The summed E-state index contributed by atoms with van der Waals surface area (Å²) >= 11 is 0.892. The quantitative estimate of drug-likeness (QED) is 0.846. The van der Waals surface area contributed by atoms with E-state index in [-0.39, 0.29) is 16.4 Å². The summed E-state index contributed by atoms with van der Waals surface area (Å²) in [5.41, 5.74) is -0.0293. The fourth-order valence-corrected chi connectivity index (χ4v) is 4.95. The SMILES string of the molecule is O=C(O)c1csc(S(=O)(=O)N2CCCC2CO)c1. The Labute approximate surface area is 109 Å². The molecule has 1 fully saturated rings. The third kappa shape index (κ3) is 2.28.